The number of nitrogens with zero attached hydrogens (tertiary/aromatic N) is 2. The molecule has 3 N–H and O–H groups in total. The third kappa shape index (κ3) is 9.58. The minimum absolute atomic E-state index is 0.204. The Labute approximate surface area is 246 Å². The molecule has 0 unspecified atom stereocenters. The topological polar surface area (TPSA) is 129 Å². The zero-order valence-corrected chi connectivity index (χ0v) is 24.5. The number of benzodiazepines with no additional fused rings is 1. The van der Waals surface area contributed by atoms with Gasteiger partial charge in [-0.3, -0.25) is 14.4 Å². The summed E-state index contributed by atoms with van der Waals surface area (Å²) < 4.78 is 5.37. The molecule has 0 bridgehead atoms. The van der Waals surface area contributed by atoms with Crippen LogP contribution in [0.15, 0.2) is 89.9 Å². The van der Waals surface area contributed by atoms with E-state index in [-0.39, 0.29) is 6.42 Å². The van der Waals surface area contributed by atoms with Crippen molar-refractivity contribution >= 4 is 35.7 Å². The van der Waals surface area contributed by atoms with E-state index < -0.39 is 35.7 Å². The fourth-order valence-corrected chi connectivity index (χ4v) is 3.93. The largest absolute Gasteiger partial charge is 0.444 e. The van der Waals surface area contributed by atoms with Crippen molar-refractivity contribution in [3.63, 3.8) is 0 Å². The summed E-state index contributed by atoms with van der Waals surface area (Å²) in [4.78, 5) is 54.7. The van der Waals surface area contributed by atoms with Gasteiger partial charge in [0.15, 0.2) is 0 Å². The highest BCUT2D eigenvalue weighted by atomic mass is 16.6. The van der Waals surface area contributed by atoms with Gasteiger partial charge in [0.05, 0.1) is 11.4 Å². The van der Waals surface area contributed by atoms with E-state index in [0.29, 0.717) is 11.4 Å². The highest BCUT2D eigenvalue weighted by Crippen LogP contribution is 2.23. The first-order valence-corrected chi connectivity index (χ1v) is 13.5. The first-order chi connectivity index (χ1) is 20.0. The van der Waals surface area contributed by atoms with E-state index in [4.69, 9.17) is 4.74 Å². The molecule has 10 heteroatoms. The predicted octanol–water partition coefficient (Wildman–Crippen LogP) is 3.76. The number of benzene rings is 3. The van der Waals surface area contributed by atoms with Gasteiger partial charge in [0.1, 0.15) is 11.6 Å². The second kappa shape index (κ2) is 14.6. The number of aliphatic imine (C=N–C) groups is 1. The third-order valence-corrected chi connectivity index (χ3v) is 5.77. The molecule has 3 aromatic rings. The molecule has 220 valence electrons. The molecule has 0 spiro atoms. The molecule has 0 saturated carbocycles. The fourth-order valence-electron chi connectivity index (χ4n) is 3.93. The van der Waals surface area contributed by atoms with Crippen LogP contribution in [0.25, 0.3) is 0 Å². The monoisotopic (exact) mass is 571 g/mol. The molecule has 0 fully saturated rings. The Hall–Kier alpha value is -4.99. The van der Waals surface area contributed by atoms with Crippen LogP contribution in [0.4, 0.5) is 10.5 Å². The number of ether oxygens (including phenoxy) is 1. The summed E-state index contributed by atoms with van der Waals surface area (Å²) in [7, 11) is 3.38. The van der Waals surface area contributed by atoms with Crippen molar-refractivity contribution in [2.24, 2.45) is 4.99 Å². The van der Waals surface area contributed by atoms with Crippen molar-refractivity contribution in [1.82, 2.24) is 15.5 Å². The number of carbonyl (C=O) groups is 4. The lowest BCUT2D eigenvalue weighted by molar-refractivity contribution is -0.127. The number of rotatable bonds is 7. The van der Waals surface area contributed by atoms with Gasteiger partial charge in [-0.1, -0.05) is 78.9 Å². The first kappa shape index (κ1) is 31.5. The SMILES string of the molecule is CC(C)(C)OC(=O)N[C@@H](Cc1ccccc1)C(=O)N[C@H]1N=C(c2ccccc2)c2ccccc2NC1=O.CN(C)C=O. The van der Waals surface area contributed by atoms with Crippen LogP contribution in [0.3, 0.4) is 0 Å². The van der Waals surface area contributed by atoms with Crippen molar-refractivity contribution in [3.05, 3.63) is 102 Å². The molecule has 1 aliphatic heterocycles. The average Bonchev–Trinajstić information content (AvgIpc) is 3.09. The molecule has 3 aromatic carbocycles. The van der Waals surface area contributed by atoms with Crippen LogP contribution < -0.4 is 16.0 Å². The fraction of sp³-hybridized carbons (Fsp3) is 0.281. The molecule has 2 atom stereocenters. The van der Waals surface area contributed by atoms with Gasteiger partial charge >= 0.3 is 6.09 Å². The molecule has 0 radical (unpaired) electrons. The maximum Gasteiger partial charge on any atom is 0.408 e. The van der Waals surface area contributed by atoms with E-state index in [0.717, 1.165) is 23.1 Å². The molecule has 42 heavy (non-hydrogen) atoms. The molecule has 0 aromatic heterocycles. The van der Waals surface area contributed by atoms with E-state index in [1.165, 1.54) is 4.90 Å². The first-order valence-electron chi connectivity index (χ1n) is 13.5. The maximum absolute atomic E-state index is 13.5. The second-order valence-corrected chi connectivity index (χ2v) is 10.7. The zero-order valence-electron chi connectivity index (χ0n) is 24.5. The molecule has 0 aliphatic carbocycles. The summed E-state index contributed by atoms with van der Waals surface area (Å²) in [6.07, 6.45) is -0.987. The lowest BCUT2D eigenvalue weighted by atomic mass is 10.0. The number of carbonyl (C=O) groups excluding carboxylic acids is 4. The van der Waals surface area contributed by atoms with Crippen LogP contribution in [0, 0.1) is 0 Å². The van der Waals surface area contributed by atoms with Crippen LogP contribution in [0.2, 0.25) is 0 Å². The van der Waals surface area contributed by atoms with Gasteiger partial charge in [0.25, 0.3) is 5.91 Å². The van der Waals surface area contributed by atoms with Crippen molar-refractivity contribution in [2.45, 2.75) is 45.0 Å². The smallest absolute Gasteiger partial charge is 0.408 e. The summed E-state index contributed by atoms with van der Waals surface area (Å²) in [6.45, 7) is 5.23. The van der Waals surface area contributed by atoms with Crippen molar-refractivity contribution < 1.29 is 23.9 Å². The molecule has 4 rings (SSSR count). The Morgan fingerprint density at radius 1 is 0.976 bits per heavy atom. The van der Waals surface area contributed by atoms with E-state index in [1.54, 1.807) is 40.9 Å². The number of amides is 4. The quantitative estimate of drug-likeness (QED) is 0.372. The predicted molar refractivity (Wildman–Crippen MR) is 162 cm³/mol. The van der Waals surface area contributed by atoms with Gasteiger partial charge in [-0.05, 0) is 32.4 Å². The standard InChI is InChI=1S/C29H30N4O4.C3H7NO/c1-29(2,3)37-28(36)31-23(18-19-12-6-4-7-13-19)26(34)33-25-27(35)30-22-17-11-10-16-21(22)24(32-25)20-14-8-5-9-15-20;1-4(2)3-5/h4-17,23,25H,18H2,1-3H3,(H,30,35)(H,31,36)(H,33,34);3H,1-2H3/t23-,25+;/m0./s1. The Bertz CT molecular complexity index is 1400. The van der Waals surface area contributed by atoms with Crippen molar-refractivity contribution in [2.75, 3.05) is 19.4 Å². The number of anilines is 1. The highest BCUT2D eigenvalue weighted by molar-refractivity contribution is 6.19. The lowest BCUT2D eigenvalue weighted by Gasteiger charge is -2.24. The van der Waals surface area contributed by atoms with Crippen LogP contribution in [0.1, 0.15) is 37.5 Å². The minimum Gasteiger partial charge on any atom is -0.444 e. The van der Waals surface area contributed by atoms with Gasteiger partial charge in [0.2, 0.25) is 18.5 Å². The maximum atomic E-state index is 13.5. The molecular formula is C32H37N5O5. The summed E-state index contributed by atoms with van der Waals surface area (Å²) in [5.41, 5.74) is 2.81. The van der Waals surface area contributed by atoms with Gasteiger partial charge in [-0.25, -0.2) is 9.79 Å². The molecule has 1 aliphatic rings. The number of nitrogens with one attached hydrogen (secondary N) is 3. The molecular weight excluding hydrogens is 534 g/mol. The highest BCUT2D eigenvalue weighted by Gasteiger charge is 2.31. The summed E-state index contributed by atoms with van der Waals surface area (Å²) in [5, 5.41) is 8.23. The summed E-state index contributed by atoms with van der Waals surface area (Å²) in [6, 6.07) is 25.1. The Balaban J connectivity index is 0.000000892. The molecule has 0 saturated heterocycles. The molecule has 10 nitrogen and oxygen atoms in total. The van der Waals surface area contributed by atoms with Crippen molar-refractivity contribution in [1.29, 1.82) is 0 Å². The van der Waals surface area contributed by atoms with Crippen molar-refractivity contribution in [3.8, 4) is 0 Å². The van der Waals surface area contributed by atoms with E-state index in [1.807, 2.05) is 78.9 Å². The zero-order chi connectivity index (χ0) is 30.7. The number of hydrogen-bond acceptors (Lipinski definition) is 6. The summed E-state index contributed by atoms with van der Waals surface area (Å²) >= 11 is 0. The van der Waals surface area contributed by atoms with Crippen LogP contribution >= 0.6 is 0 Å². The van der Waals surface area contributed by atoms with Gasteiger partial charge in [-0.2, -0.15) is 0 Å². The number of fused-ring (bicyclic) bond motifs is 1. The van der Waals surface area contributed by atoms with E-state index >= 15 is 0 Å². The Kier molecular flexibility index (Phi) is 11.0. The Morgan fingerprint density at radius 3 is 2.14 bits per heavy atom. The van der Waals surface area contributed by atoms with Crippen LogP contribution in [0.5, 0.6) is 0 Å². The lowest BCUT2D eigenvalue weighted by Crippen LogP contribution is -2.53. The van der Waals surface area contributed by atoms with Gasteiger partial charge in [-0.15, -0.1) is 0 Å². The second-order valence-electron chi connectivity index (χ2n) is 10.7. The molecule has 4 amide bonds. The van der Waals surface area contributed by atoms with Gasteiger partial charge < -0.3 is 25.6 Å². The third-order valence-electron chi connectivity index (χ3n) is 5.77. The normalized spacial score (nSPS) is 14.7. The number of hydrogen-bond donors (Lipinski definition) is 3. The summed E-state index contributed by atoms with van der Waals surface area (Å²) in [5.74, 6) is -1.04. The number of alkyl carbamates (subject to hydrolysis) is 1. The minimum atomic E-state index is -1.21. The molecule has 1 heterocycles. The van der Waals surface area contributed by atoms with Crippen LogP contribution in [-0.4, -0.2) is 66.8 Å². The Morgan fingerprint density at radius 2 is 1.55 bits per heavy atom. The van der Waals surface area contributed by atoms with Gasteiger partial charge in [0, 0.05) is 31.6 Å². The average molecular weight is 572 g/mol. The van der Waals surface area contributed by atoms with E-state index in [2.05, 4.69) is 20.9 Å². The van der Waals surface area contributed by atoms with E-state index in [9.17, 15) is 19.2 Å². The number of para-hydroxylation sites is 1. The van der Waals surface area contributed by atoms with Crippen LogP contribution in [-0.2, 0) is 25.5 Å².